The average molecular weight is 649 g/mol. The quantitative estimate of drug-likeness (QED) is 0.0645. The van der Waals surface area contributed by atoms with E-state index in [0.717, 1.165) is 81.8 Å². The summed E-state index contributed by atoms with van der Waals surface area (Å²) in [6, 6.07) is 17.7. The molecule has 0 aliphatic carbocycles. The monoisotopic (exact) mass is 649 g/mol. The van der Waals surface area contributed by atoms with Gasteiger partial charge in [0.25, 0.3) is 0 Å². The van der Waals surface area contributed by atoms with Gasteiger partial charge < -0.3 is 9.47 Å². The van der Waals surface area contributed by atoms with Crippen molar-refractivity contribution in [2.75, 3.05) is 6.61 Å². The van der Waals surface area contributed by atoms with Crippen LogP contribution in [0.4, 0.5) is 0 Å². The number of hydrogen-bond donors (Lipinski definition) is 0. The number of para-hydroxylation sites is 1. The van der Waals surface area contributed by atoms with E-state index >= 15 is 0 Å². The van der Waals surface area contributed by atoms with Gasteiger partial charge in [0.1, 0.15) is 5.75 Å². The molecule has 2 aromatic carbocycles. The second-order valence-corrected chi connectivity index (χ2v) is 14.9. The lowest BCUT2D eigenvalue weighted by Crippen LogP contribution is -2.45. The Morgan fingerprint density at radius 3 is 1.98 bits per heavy atom. The fourth-order valence-electron chi connectivity index (χ4n) is 7.90. The smallest absolute Gasteiger partial charge is 0.311 e. The molecule has 0 heterocycles. The van der Waals surface area contributed by atoms with Gasteiger partial charge in [0.15, 0.2) is 0 Å². The van der Waals surface area contributed by atoms with Crippen molar-refractivity contribution in [3.8, 4) is 16.9 Å². The molecule has 264 valence electrons. The SMILES string of the molecule is CCCCCC(C)(C)C(CC(CC)(CCC)C(C)(CC)CCC)C(=O)OCCCCCCC(=O)Oc1ccccc1-c1ccccc1. The summed E-state index contributed by atoms with van der Waals surface area (Å²) in [6.07, 6.45) is 16.2. The topological polar surface area (TPSA) is 52.6 Å². The van der Waals surface area contributed by atoms with Crippen molar-refractivity contribution >= 4 is 11.9 Å². The summed E-state index contributed by atoms with van der Waals surface area (Å²) in [5.74, 6) is 0.280. The molecule has 2 aromatic rings. The standard InChI is InChI=1S/C43H68O4/c1-9-14-23-32-41(6,7)37(34-43(13-5,31-11-3)42(8,12-4)30-10-2)40(45)46-33-24-16-15-20-29-39(44)47-38-28-22-21-27-36(38)35-25-18-17-19-26-35/h17-19,21-22,25-28,37H,9-16,20,23-24,29-34H2,1-8H3. The van der Waals surface area contributed by atoms with Gasteiger partial charge in [0, 0.05) is 12.0 Å². The Labute approximate surface area is 288 Å². The second-order valence-electron chi connectivity index (χ2n) is 14.9. The molecule has 0 fully saturated rings. The maximum absolute atomic E-state index is 14.0. The summed E-state index contributed by atoms with van der Waals surface area (Å²) >= 11 is 0. The molecule has 3 unspecified atom stereocenters. The predicted molar refractivity (Wildman–Crippen MR) is 199 cm³/mol. The fraction of sp³-hybridized carbons (Fsp3) is 0.674. The molecular weight excluding hydrogens is 580 g/mol. The van der Waals surface area contributed by atoms with E-state index in [-0.39, 0.29) is 34.1 Å². The van der Waals surface area contributed by atoms with E-state index in [1.165, 1.54) is 25.7 Å². The number of rotatable bonds is 24. The van der Waals surface area contributed by atoms with Crippen molar-refractivity contribution < 1.29 is 19.1 Å². The number of hydrogen-bond acceptors (Lipinski definition) is 4. The Balaban J connectivity index is 1.97. The van der Waals surface area contributed by atoms with Crippen LogP contribution in [-0.2, 0) is 14.3 Å². The first-order valence-electron chi connectivity index (χ1n) is 19.0. The van der Waals surface area contributed by atoms with Crippen LogP contribution >= 0.6 is 0 Å². The lowest BCUT2D eigenvalue weighted by molar-refractivity contribution is -0.157. The van der Waals surface area contributed by atoms with Gasteiger partial charge in [-0.05, 0) is 72.8 Å². The summed E-state index contributed by atoms with van der Waals surface area (Å²) in [7, 11) is 0. The molecule has 2 rings (SSSR count). The Hall–Kier alpha value is -2.62. The largest absolute Gasteiger partial charge is 0.465 e. The molecule has 4 heteroatoms. The lowest BCUT2D eigenvalue weighted by Gasteiger charge is -2.52. The third-order valence-corrected chi connectivity index (χ3v) is 11.2. The van der Waals surface area contributed by atoms with E-state index in [2.05, 4.69) is 55.4 Å². The number of benzene rings is 2. The van der Waals surface area contributed by atoms with Crippen molar-refractivity contribution in [1.82, 2.24) is 0 Å². The zero-order valence-corrected chi connectivity index (χ0v) is 31.4. The highest BCUT2D eigenvalue weighted by Gasteiger charge is 2.49. The Morgan fingerprint density at radius 1 is 0.681 bits per heavy atom. The molecule has 0 aliphatic heterocycles. The Kier molecular flexibility index (Phi) is 17.8. The Morgan fingerprint density at radius 2 is 1.34 bits per heavy atom. The molecule has 0 saturated heterocycles. The molecule has 0 N–H and O–H groups in total. The molecule has 3 atom stereocenters. The van der Waals surface area contributed by atoms with Crippen molar-refractivity contribution in [2.45, 2.75) is 158 Å². The summed E-state index contributed by atoms with van der Waals surface area (Å²) in [5.41, 5.74) is 2.17. The predicted octanol–water partition coefficient (Wildman–Crippen LogP) is 12.8. The third-order valence-electron chi connectivity index (χ3n) is 11.2. The minimum Gasteiger partial charge on any atom is -0.465 e. The zero-order chi connectivity index (χ0) is 34.8. The van der Waals surface area contributed by atoms with Crippen LogP contribution in [0.1, 0.15) is 158 Å². The van der Waals surface area contributed by atoms with Crippen LogP contribution in [-0.4, -0.2) is 18.5 Å². The van der Waals surface area contributed by atoms with Gasteiger partial charge in [-0.2, -0.15) is 0 Å². The van der Waals surface area contributed by atoms with Gasteiger partial charge in [-0.25, -0.2) is 0 Å². The van der Waals surface area contributed by atoms with Crippen LogP contribution < -0.4 is 4.74 Å². The van der Waals surface area contributed by atoms with E-state index in [0.29, 0.717) is 18.8 Å². The van der Waals surface area contributed by atoms with Gasteiger partial charge in [0.2, 0.25) is 0 Å². The molecule has 47 heavy (non-hydrogen) atoms. The number of esters is 2. The molecule has 0 radical (unpaired) electrons. The van der Waals surface area contributed by atoms with E-state index in [9.17, 15) is 9.59 Å². The van der Waals surface area contributed by atoms with Crippen LogP contribution in [0, 0.1) is 22.2 Å². The van der Waals surface area contributed by atoms with E-state index in [1.807, 2.05) is 54.6 Å². The summed E-state index contributed by atoms with van der Waals surface area (Å²) in [6.45, 7) is 19.1. The first-order chi connectivity index (χ1) is 22.5. The molecule has 0 aliphatic rings. The van der Waals surface area contributed by atoms with Crippen LogP contribution in [0.15, 0.2) is 54.6 Å². The van der Waals surface area contributed by atoms with E-state index in [4.69, 9.17) is 9.47 Å². The lowest BCUT2D eigenvalue weighted by atomic mass is 9.53. The first kappa shape index (κ1) is 40.6. The molecule has 0 saturated carbocycles. The maximum Gasteiger partial charge on any atom is 0.311 e. The van der Waals surface area contributed by atoms with Crippen molar-refractivity contribution in [2.24, 2.45) is 22.2 Å². The van der Waals surface area contributed by atoms with E-state index < -0.39 is 0 Å². The molecule has 4 nitrogen and oxygen atoms in total. The van der Waals surface area contributed by atoms with Crippen LogP contribution in [0.3, 0.4) is 0 Å². The van der Waals surface area contributed by atoms with Crippen molar-refractivity contribution in [3.63, 3.8) is 0 Å². The number of carbonyl (C=O) groups excluding carboxylic acids is 2. The highest BCUT2D eigenvalue weighted by molar-refractivity contribution is 5.78. The van der Waals surface area contributed by atoms with Gasteiger partial charge in [-0.1, -0.05) is 155 Å². The van der Waals surface area contributed by atoms with Crippen molar-refractivity contribution in [1.29, 1.82) is 0 Å². The number of ether oxygens (including phenoxy) is 2. The van der Waals surface area contributed by atoms with Gasteiger partial charge in [-0.3, -0.25) is 9.59 Å². The summed E-state index contributed by atoms with van der Waals surface area (Å²) in [5, 5.41) is 0. The second kappa shape index (κ2) is 20.7. The maximum atomic E-state index is 14.0. The number of carbonyl (C=O) groups is 2. The Bertz CT molecular complexity index is 1170. The minimum absolute atomic E-state index is 0.00367. The number of unbranched alkanes of at least 4 members (excludes halogenated alkanes) is 5. The molecule has 0 aromatic heterocycles. The summed E-state index contributed by atoms with van der Waals surface area (Å²) in [4.78, 5) is 26.7. The molecule has 0 bridgehead atoms. The normalized spacial score (nSPS) is 15.0. The zero-order valence-electron chi connectivity index (χ0n) is 31.4. The molecular formula is C43H68O4. The third kappa shape index (κ3) is 12.1. The first-order valence-corrected chi connectivity index (χ1v) is 19.0. The van der Waals surface area contributed by atoms with Gasteiger partial charge >= 0.3 is 11.9 Å². The highest BCUT2D eigenvalue weighted by atomic mass is 16.5. The van der Waals surface area contributed by atoms with Gasteiger partial charge in [0.05, 0.1) is 12.5 Å². The summed E-state index contributed by atoms with van der Waals surface area (Å²) < 4.78 is 11.9. The van der Waals surface area contributed by atoms with Crippen LogP contribution in [0.5, 0.6) is 5.75 Å². The molecule has 0 spiro atoms. The molecule has 0 amide bonds. The van der Waals surface area contributed by atoms with Crippen LogP contribution in [0.2, 0.25) is 0 Å². The highest BCUT2D eigenvalue weighted by Crippen LogP contribution is 2.56. The van der Waals surface area contributed by atoms with Crippen LogP contribution in [0.25, 0.3) is 11.1 Å². The fourth-order valence-corrected chi connectivity index (χ4v) is 7.90. The van der Waals surface area contributed by atoms with E-state index in [1.54, 1.807) is 0 Å². The van der Waals surface area contributed by atoms with Crippen molar-refractivity contribution in [3.05, 3.63) is 54.6 Å². The minimum atomic E-state index is -0.207. The average Bonchev–Trinajstić information content (AvgIpc) is 3.06. The van der Waals surface area contributed by atoms with Gasteiger partial charge in [-0.15, -0.1) is 0 Å².